The molecule has 2 atom stereocenters. The Bertz CT molecular complexity index is 3260. The summed E-state index contributed by atoms with van der Waals surface area (Å²) >= 11 is 0. The lowest BCUT2D eigenvalue weighted by Crippen LogP contribution is -2.45. The van der Waals surface area contributed by atoms with Crippen molar-refractivity contribution < 1.29 is 43.2 Å². The molecule has 0 radical (unpaired) electrons. The summed E-state index contributed by atoms with van der Waals surface area (Å²) in [6.07, 6.45) is 0.603. The first-order valence-corrected chi connectivity index (χ1v) is 30.4. The van der Waals surface area contributed by atoms with E-state index in [9.17, 15) is 29.4 Å². The number of ether oxygens (including phenoxy) is 3. The summed E-state index contributed by atoms with van der Waals surface area (Å²) in [6.45, 7) is 19.9. The Morgan fingerprint density at radius 2 is 1.35 bits per heavy atom. The van der Waals surface area contributed by atoms with Crippen LogP contribution in [-0.2, 0) is 50.5 Å². The highest BCUT2D eigenvalue weighted by molar-refractivity contribution is 6.74. The number of piperidine rings is 1. The third kappa shape index (κ3) is 15.0. The standard InChI is InChI=1S/C65H76N4O10Si/c1-63(2,3)78-62(74)69(42-57(79-80(7,8)64(4,5)6)54-31-33-56(70)59-55(54)32-34-58(71)67-59)41-47-23-25-50(26-24-47)60(72)66-39-45-19-21-48(22-20-45)43-76-53-29-27-52(28-30-53)65(75,51-17-13-10-14-18-51)61(73)77-44-49-35-37-68(38-36-49)40-46-15-11-9-12-16-46/h9-34,49,57,70,75H,35-44H2,1-8H3,(H,66,72)(H,67,71). The van der Waals surface area contributed by atoms with Gasteiger partial charge in [-0.25, -0.2) is 9.59 Å². The fourth-order valence-electron chi connectivity index (χ4n) is 9.51. The minimum atomic E-state index is -2.49. The van der Waals surface area contributed by atoms with E-state index in [1.165, 1.54) is 17.7 Å². The highest BCUT2D eigenvalue weighted by Gasteiger charge is 2.43. The van der Waals surface area contributed by atoms with Gasteiger partial charge in [0.2, 0.25) is 11.2 Å². The molecule has 2 amide bonds. The molecular weight excluding hydrogens is 1020 g/mol. The van der Waals surface area contributed by atoms with Gasteiger partial charge in [-0.05, 0) is 146 Å². The van der Waals surface area contributed by atoms with Gasteiger partial charge in [0.15, 0.2) is 8.32 Å². The molecule has 4 N–H and O–H groups in total. The molecule has 1 aromatic heterocycles. The molecule has 1 aliphatic heterocycles. The molecule has 0 aliphatic carbocycles. The van der Waals surface area contributed by atoms with E-state index in [1.807, 2.05) is 69.3 Å². The van der Waals surface area contributed by atoms with Gasteiger partial charge in [-0.15, -0.1) is 0 Å². The van der Waals surface area contributed by atoms with E-state index in [0.717, 1.165) is 49.2 Å². The second-order valence-electron chi connectivity index (χ2n) is 23.4. The molecule has 14 nitrogen and oxygen atoms in total. The minimum Gasteiger partial charge on any atom is -0.506 e. The molecule has 420 valence electrons. The summed E-state index contributed by atoms with van der Waals surface area (Å²) in [5.41, 5.74) is 2.91. The third-order valence-electron chi connectivity index (χ3n) is 15.2. The summed E-state index contributed by atoms with van der Waals surface area (Å²) in [4.78, 5) is 60.5. The monoisotopic (exact) mass is 1100 g/mol. The number of rotatable bonds is 20. The number of aromatic hydroxyl groups is 1. The molecule has 6 aromatic carbocycles. The number of nitrogens with one attached hydrogen (secondary N) is 2. The molecule has 15 heteroatoms. The van der Waals surface area contributed by atoms with E-state index in [4.69, 9.17) is 18.6 Å². The van der Waals surface area contributed by atoms with Crippen LogP contribution in [0.2, 0.25) is 18.1 Å². The molecule has 0 bridgehead atoms. The number of likely N-dealkylation sites (tertiary alicyclic amines) is 1. The van der Waals surface area contributed by atoms with Crippen molar-refractivity contribution in [1.82, 2.24) is 20.1 Å². The molecule has 0 spiro atoms. The Balaban J connectivity index is 0.858. The second kappa shape index (κ2) is 25.3. The zero-order chi connectivity index (χ0) is 57.2. The van der Waals surface area contributed by atoms with Crippen LogP contribution in [0.3, 0.4) is 0 Å². The van der Waals surface area contributed by atoms with Crippen molar-refractivity contribution in [1.29, 1.82) is 0 Å². The Hall–Kier alpha value is -7.56. The lowest BCUT2D eigenvalue weighted by molar-refractivity contribution is -0.164. The molecule has 2 unspecified atom stereocenters. The lowest BCUT2D eigenvalue weighted by atomic mass is 9.86. The number of carbonyl (C=O) groups is 3. The first kappa shape index (κ1) is 58.6. The van der Waals surface area contributed by atoms with Gasteiger partial charge >= 0.3 is 12.1 Å². The van der Waals surface area contributed by atoms with E-state index in [1.54, 1.807) is 77.7 Å². The number of pyridine rings is 1. The van der Waals surface area contributed by atoms with E-state index < -0.39 is 37.7 Å². The number of hydrogen-bond acceptors (Lipinski definition) is 11. The predicted octanol–water partition coefficient (Wildman–Crippen LogP) is 11.9. The largest absolute Gasteiger partial charge is 0.506 e. The summed E-state index contributed by atoms with van der Waals surface area (Å²) in [5, 5.41) is 26.3. The lowest BCUT2D eigenvalue weighted by Gasteiger charge is -2.41. The Kier molecular flexibility index (Phi) is 18.5. The maximum Gasteiger partial charge on any atom is 0.410 e. The van der Waals surface area contributed by atoms with Gasteiger partial charge in [0.1, 0.15) is 23.7 Å². The maximum atomic E-state index is 14.0. The Morgan fingerprint density at radius 1 is 0.738 bits per heavy atom. The van der Waals surface area contributed by atoms with E-state index in [2.05, 4.69) is 73.3 Å². The number of amides is 2. The van der Waals surface area contributed by atoms with Crippen molar-refractivity contribution in [2.75, 3.05) is 26.2 Å². The SMILES string of the molecule is CC(C)(C)OC(=O)N(Cc1ccc(C(=O)NCc2ccc(COc3ccc(C(O)(C(=O)OCC4CCN(Cc5ccccc5)CC4)c4ccccc4)cc3)cc2)cc1)CC(O[Si](C)(C)C(C)(C)C)c1ccc(O)c2[nH]c(=O)ccc12. The van der Waals surface area contributed by atoms with Crippen molar-refractivity contribution in [2.45, 2.75) is 116 Å². The van der Waals surface area contributed by atoms with Gasteiger partial charge in [-0.3, -0.25) is 14.5 Å². The van der Waals surface area contributed by atoms with Crippen LogP contribution in [0.4, 0.5) is 4.79 Å². The second-order valence-corrected chi connectivity index (χ2v) is 28.2. The number of aliphatic hydroxyl groups is 1. The maximum absolute atomic E-state index is 14.0. The first-order chi connectivity index (χ1) is 38.0. The van der Waals surface area contributed by atoms with Crippen molar-refractivity contribution >= 4 is 37.2 Å². The van der Waals surface area contributed by atoms with Crippen molar-refractivity contribution in [3.8, 4) is 11.5 Å². The van der Waals surface area contributed by atoms with Crippen molar-refractivity contribution in [3.63, 3.8) is 0 Å². The highest BCUT2D eigenvalue weighted by Crippen LogP contribution is 2.42. The molecule has 1 saturated heterocycles. The third-order valence-corrected chi connectivity index (χ3v) is 19.7. The zero-order valence-corrected chi connectivity index (χ0v) is 48.3. The van der Waals surface area contributed by atoms with Crippen LogP contribution in [0.25, 0.3) is 10.9 Å². The first-order valence-electron chi connectivity index (χ1n) is 27.4. The smallest absolute Gasteiger partial charge is 0.410 e. The van der Waals surface area contributed by atoms with Crippen molar-refractivity contribution in [3.05, 3.63) is 213 Å². The van der Waals surface area contributed by atoms with E-state index in [0.29, 0.717) is 33.4 Å². The summed E-state index contributed by atoms with van der Waals surface area (Å²) in [6, 6.07) is 47.3. The van der Waals surface area contributed by atoms with E-state index in [-0.39, 0.29) is 66.5 Å². The average molecular weight is 1100 g/mol. The summed E-state index contributed by atoms with van der Waals surface area (Å²) in [5.74, 6) is -0.287. The number of aromatic amines is 1. The van der Waals surface area contributed by atoms with Crippen LogP contribution >= 0.6 is 0 Å². The molecule has 7 aromatic rings. The van der Waals surface area contributed by atoms with Crippen LogP contribution in [0.1, 0.15) is 110 Å². The van der Waals surface area contributed by atoms with Gasteiger partial charge in [0, 0.05) is 36.7 Å². The fraction of sp³-hybridized carbons (Fsp3) is 0.354. The summed E-state index contributed by atoms with van der Waals surface area (Å²) < 4.78 is 25.0. The van der Waals surface area contributed by atoms with Crippen molar-refractivity contribution in [2.24, 2.45) is 5.92 Å². The Morgan fingerprint density at radius 3 is 1.99 bits per heavy atom. The predicted molar refractivity (Wildman–Crippen MR) is 314 cm³/mol. The molecule has 2 heterocycles. The van der Waals surface area contributed by atoms with Gasteiger partial charge in [0.25, 0.3) is 5.91 Å². The van der Waals surface area contributed by atoms with Gasteiger partial charge in [0.05, 0.1) is 24.8 Å². The quantitative estimate of drug-likeness (QED) is 0.0421. The van der Waals surface area contributed by atoms with Crippen LogP contribution in [-0.4, -0.2) is 83.1 Å². The van der Waals surface area contributed by atoms with Crippen LogP contribution in [0.5, 0.6) is 11.5 Å². The van der Waals surface area contributed by atoms with Crippen LogP contribution in [0, 0.1) is 5.92 Å². The molecule has 1 fully saturated rings. The number of H-pyrrole nitrogens is 1. The topological polar surface area (TPSA) is 180 Å². The zero-order valence-electron chi connectivity index (χ0n) is 47.3. The fourth-order valence-corrected chi connectivity index (χ4v) is 10.8. The number of phenolic OH excluding ortho intramolecular Hbond substituents is 1. The number of nitrogens with zero attached hydrogens (tertiary/aromatic N) is 2. The number of aromatic nitrogens is 1. The Labute approximate surface area is 470 Å². The average Bonchev–Trinajstić information content (AvgIpc) is 3.46. The number of hydrogen-bond donors (Lipinski definition) is 4. The molecule has 80 heavy (non-hydrogen) atoms. The summed E-state index contributed by atoms with van der Waals surface area (Å²) in [7, 11) is -2.49. The number of benzene rings is 6. The minimum absolute atomic E-state index is 0.0733. The molecule has 1 aliphatic rings. The number of phenols is 1. The highest BCUT2D eigenvalue weighted by atomic mass is 28.4. The molecule has 8 rings (SSSR count). The van der Waals surface area contributed by atoms with Gasteiger partial charge in [-0.1, -0.05) is 136 Å². The number of carbonyl (C=O) groups excluding carboxylic acids is 3. The van der Waals surface area contributed by atoms with E-state index >= 15 is 0 Å². The molecular formula is C65H76N4O10Si. The van der Waals surface area contributed by atoms with Gasteiger partial charge < -0.3 is 44.1 Å². The normalized spacial score (nSPS) is 14.7. The van der Waals surface area contributed by atoms with Crippen LogP contribution < -0.4 is 15.6 Å². The molecule has 0 saturated carbocycles. The number of esters is 1. The number of fused-ring (bicyclic) bond motifs is 1. The van der Waals surface area contributed by atoms with Gasteiger partial charge in [-0.2, -0.15) is 0 Å². The van der Waals surface area contributed by atoms with Crippen LogP contribution in [0.15, 0.2) is 163 Å².